The summed E-state index contributed by atoms with van der Waals surface area (Å²) in [6.07, 6.45) is 0.975. The van der Waals surface area contributed by atoms with Gasteiger partial charge >= 0.3 is 0 Å². The van der Waals surface area contributed by atoms with Crippen LogP contribution >= 0.6 is 27.5 Å². The van der Waals surface area contributed by atoms with Crippen LogP contribution in [0.15, 0.2) is 47.2 Å². The SMILES string of the molecule is OC(c1ccc(Cl)cc1)c1cccnc1Br. The molecule has 0 saturated carbocycles. The Morgan fingerprint density at radius 2 is 1.88 bits per heavy atom. The summed E-state index contributed by atoms with van der Waals surface area (Å²) in [5.74, 6) is 0. The molecule has 0 amide bonds. The van der Waals surface area contributed by atoms with Gasteiger partial charge in [0.05, 0.1) is 0 Å². The predicted octanol–water partition coefficient (Wildman–Crippen LogP) is 3.58. The molecule has 0 fully saturated rings. The van der Waals surface area contributed by atoms with Gasteiger partial charge in [0.25, 0.3) is 0 Å². The molecule has 0 saturated heterocycles. The van der Waals surface area contributed by atoms with Gasteiger partial charge in [-0.05, 0) is 39.7 Å². The molecule has 1 aromatic carbocycles. The van der Waals surface area contributed by atoms with Gasteiger partial charge in [-0.3, -0.25) is 0 Å². The van der Waals surface area contributed by atoms with Gasteiger partial charge in [0.15, 0.2) is 0 Å². The highest BCUT2D eigenvalue weighted by Crippen LogP contribution is 2.27. The van der Waals surface area contributed by atoms with Crippen LogP contribution in [0.3, 0.4) is 0 Å². The van der Waals surface area contributed by atoms with Crippen LogP contribution < -0.4 is 0 Å². The number of aliphatic hydroxyl groups is 1. The first-order valence-corrected chi connectivity index (χ1v) is 5.89. The smallest absolute Gasteiger partial charge is 0.112 e. The lowest BCUT2D eigenvalue weighted by Crippen LogP contribution is -2.01. The Balaban J connectivity index is 2.35. The predicted molar refractivity (Wildman–Crippen MR) is 67.5 cm³/mol. The zero-order valence-electron chi connectivity index (χ0n) is 8.27. The fourth-order valence-corrected chi connectivity index (χ4v) is 2.02. The number of aromatic nitrogens is 1. The molecule has 2 nitrogen and oxygen atoms in total. The van der Waals surface area contributed by atoms with Gasteiger partial charge in [0.2, 0.25) is 0 Å². The van der Waals surface area contributed by atoms with Crippen molar-refractivity contribution in [2.45, 2.75) is 6.10 Å². The van der Waals surface area contributed by atoms with Crippen molar-refractivity contribution in [1.29, 1.82) is 0 Å². The molecule has 1 atom stereocenters. The second-order valence-corrected chi connectivity index (χ2v) is 4.53. The van der Waals surface area contributed by atoms with Crippen LogP contribution in [0, 0.1) is 0 Å². The van der Waals surface area contributed by atoms with Crippen molar-refractivity contribution in [1.82, 2.24) is 4.98 Å². The first-order chi connectivity index (χ1) is 7.68. The molecule has 0 radical (unpaired) electrons. The number of benzene rings is 1. The van der Waals surface area contributed by atoms with Crippen molar-refractivity contribution in [3.63, 3.8) is 0 Å². The normalized spacial score (nSPS) is 12.4. The lowest BCUT2D eigenvalue weighted by atomic mass is 10.0. The van der Waals surface area contributed by atoms with E-state index in [4.69, 9.17) is 11.6 Å². The lowest BCUT2D eigenvalue weighted by molar-refractivity contribution is 0.219. The van der Waals surface area contributed by atoms with Gasteiger partial charge in [0.1, 0.15) is 10.7 Å². The number of pyridine rings is 1. The third-order valence-corrected chi connectivity index (χ3v) is 3.18. The highest BCUT2D eigenvalue weighted by atomic mass is 79.9. The van der Waals surface area contributed by atoms with E-state index in [0.29, 0.717) is 9.63 Å². The second-order valence-electron chi connectivity index (χ2n) is 3.34. The molecular formula is C12H9BrClNO. The van der Waals surface area contributed by atoms with Crippen molar-refractivity contribution in [2.24, 2.45) is 0 Å². The minimum Gasteiger partial charge on any atom is -0.384 e. The van der Waals surface area contributed by atoms with E-state index < -0.39 is 6.10 Å². The third kappa shape index (κ3) is 2.43. The molecule has 0 bridgehead atoms. The first-order valence-electron chi connectivity index (χ1n) is 4.72. The molecule has 4 heteroatoms. The molecule has 2 aromatic rings. The lowest BCUT2D eigenvalue weighted by Gasteiger charge is -2.12. The van der Waals surface area contributed by atoms with E-state index in [1.54, 1.807) is 36.5 Å². The van der Waals surface area contributed by atoms with Gasteiger partial charge < -0.3 is 5.11 Å². The quantitative estimate of drug-likeness (QED) is 0.860. The number of hydrogen-bond donors (Lipinski definition) is 1. The summed E-state index contributed by atoms with van der Waals surface area (Å²) in [7, 11) is 0. The molecule has 2 rings (SSSR count). The Kier molecular flexibility index (Phi) is 3.59. The maximum absolute atomic E-state index is 10.2. The van der Waals surface area contributed by atoms with E-state index in [2.05, 4.69) is 20.9 Å². The van der Waals surface area contributed by atoms with E-state index in [0.717, 1.165) is 11.1 Å². The van der Waals surface area contributed by atoms with Crippen LogP contribution in [-0.2, 0) is 0 Å². The molecule has 0 aliphatic carbocycles. The molecule has 16 heavy (non-hydrogen) atoms. The number of halogens is 2. The van der Waals surface area contributed by atoms with Crippen LogP contribution in [0.1, 0.15) is 17.2 Å². The summed E-state index contributed by atoms with van der Waals surface area (Å²) in [6, 6.07) is 10.7. The highest BCUT2D eigenvalue weighted by molar-refractivity contribution is 9.10. The number of aliphatic hydroxyl groups excluding tert-OH is 1. The van der Waals surface area contributed by atoms with Crippen molar-refractivity contribution in [3.8, 4) is 0 Å². The molecular weight excluding hydrogens is 289 g/mol. The average molecular weight is 299 g/mol. The Morgan fingerprint density at radius 3 is 2.50 bits per heavy atom. The van der Waals surface area contributed by atoms with Crippen molar-refractivity contribution in [2.75, 3.05) is 0 Å². The van der Waals surface area contributed by atoms with Crippen LogP contribution in [0.25, 0.3) is 0 Å². The number of rotatable bonds is 2. The Hall–Kier alpha value is -0.900. The summed E-state index contributed by atoms with van der Waals surface area (Å²) < 4.78 is 0.650. The molecule has 1 aromatic heterocycles. The second kappa shape index (κ2) is 4.95. The summed E-state index contributed by atoms with van der Waals surface area (Å²) in [5.41, 5.74) is 1.53. The van der Waals surface area contributed by atoms with Crippen molar-refractivity contribution >= 4 is 27.5 Å². The minimum atomic E-state index is -0.694. The van der Waals surface area contributed by atoms with Gasteiger partial charge in [-0.15, -0.1) is 0 Å². The van der Waals surface area contributed by atoms with E-state index in [9.17, 15) is 5.11 Å². The Bertz CT molecular complexity index is 487. The monoisotopic (exact) mass is 297 g/mol. The summed E-state index contributed by atoms with van der Waals surface area (Å²) in [5, 5.41) is 10.8. The zero-order chi connectivity index (χ0) is 11.5. The molecule has 1 unspecified atom stereocenters. The van der Waals surface area contributed by atoms with Crippen molar-refractivity contribution in [3.05, 3.63) is 63.3 Å². The van der Waals surface area contributed by atoms with Gasteiger partial charge in [0, 0.05) is 16.8 Å². The van der Waals surface area contributed by atoms with Crippen LogP contribution in [0.5, 0.6) is 0 Å². The molecule has 0 aliphatic rings. The van der Waals surface area contributed by atoms with E-state index >= 15 is 0 Å². The van der Waals surface area contributed by atoms with Gasteiger partial charge in [-0.25, -0.2) is 4.98 Å². The van der Waals surface area contributed by atoms with Crippen LogP contribution in [0.2, 0.25) is 5.02 Å². The molecule has 0 spiro atoms. The fraction of sp³-hybridized carbons (Fsp3) is 0.0833. The molecule has 0 aliphatic heterocycles. The number of hydrogen-bond acceptors (Lipinski definition) is 2. The third-order valence-electron chi connectivity index (χ3n) is 2.27. The van der Waals surface area contributed by atoms with Gasteiger partial charge in [-0.2, -0.15) is 0 Å². The van der Waals surface area contributed by atoms with E-state index in [-0.39, 0.29) is 0 Å². The average Bonchev–Trinajstić information content (AvgIpc) is 2.30. The highest BCUT2D eigenvalue weighted by Gasteiger charge is 2.13. The summed E-state index contributed by atoms with van der Waals surface area (Å²) >= 11 is 9.10. The molecule has 1 N–H and O–H groups in total. The fourth-order valence-electron chi connectivity index (χ4n) is 1.43. The van der Waals surface area contributed by atoms with Crippen LogP contribution in [0.4, 0.5) is 0 Å². The van der Waals surface area contributed by atoms with E-state index in [1.807, 2.05) is 6.07 Å². The maximum atomic E-state index is 10.2. The van der Waals surface area contributed by atoms with Crippen molar-refractivity contribution < 1.29 is 5.11 Å². The summed E-state index contributed by atoms with van der Waals surface area (Å²) in [4.78, 5) is 4.07. The maximum Gasteiger partial charge on any atom is 0.112 e. The van der Waals surface area contributed by atoms with Crippen LogP contribution in [-0.4, -0.2) is 10.1 Å². The minimum absolute atomic E-state index is 0.650. The topological polar surface area (TPSA) is 33.1 Å². The number of nitrogens with zero attached hydrogens (tertiary/aromatic N) is 1. The van der Waals surface area contributed by atoms with Gasteiger partial charge in [-0.1, -0.05) is 29.8 Å². The Morgan fingerprint density at radius 1 is 1.19 bits per heavy atom. The first kappa shape index (κ1) is 11.6. The zero-order valence-corrected chi connectivity index (χ0v) is 10.6. The summed E-state index contributed by atoms with van der Waals surface area (Å²) in [6.45, 7) is 0. The largest absolute Gasteiger partial charge is 0.384 e. The standard InChI is InChI=1S/C12H9BrClNO/c13-12-10(2-1-7-15-12)11(16)8-3-5-9(14)6-4-8/h1-7,11,16H. The molecule has 1 heterocycles. The Labute approximate surface area is 107 Å². The van der Waals surface area contributed by atoms with E-state index in [1.165, 1.54) is 0 Å². The molecule has 82 valence electrons.